The van der Waals surface area contributed by atoms with Crippen LogP contribution in [0.5, 0.6) is 0 Å². The van der Waals surface area contributed by atoms with E-state index in [1.807, 2.05) is 6.92 Å². The van der Waals surface area contributed by atoms with Crippen molar-refractivity contribution in [3.8, 4) is 0 Å². The van der Waals surface area contributed by atoms with Crippen molar-refractivity contribution in [1.29, 1.82) is 0 Å². The van der Waals surface area contributed by atoms with Gasteiger partial charge in [-0.3, -0.25) is 4.79 Å². The van der Waals surface area contributed by atoms with Crippen molar-refractivity contribution in [2.24, 2.45) is 0 Å². The van der Waals surface area contributed by atoms with Crippen LogP contribution in [0.2, 0.25) is 0 Å². The number of aliphatic hydroxyl groups is 11. The molecule has 408 valence electrons. The Hall–Kier alpha value is -1.21. The molecule has 12 N–H and O–H groups in total. The van der Waals surface area contributed by atoms with Gasteiger partial charge in [-0.25, -0.2) is 0 Å². The zero-order valence-electron chi connectivity index (χ0n) is 41.8. The van der Waals surface area contributed by atoms with Crippen LogP contribution in [0.1, 0.15) is 181 Å². The van der Waals surface area contributed by atoms with E-state index >= 15 is 0 Å². The summed E-state index contributed by atoms with van der Waals surface area (Å²) in [6.07, 6.45) is 3.35. The van der Waals surface area contributed by atoms with Gasteiger partial charge in [0, 0.05) is 6.42 Å². The van der Waals surface area contributed by atoms with Crippen molar-refractivity contribution in [2.45, 2.75) is 285 Å². The van der Waals surface area contributed by atoms with Gasteiger partial charge < -0.3 is 89.9 Å². The summed E-state index contributed by atoms with van der Waals surface area (Å²) in [6, 6.07) is -0.875. The van der Waals surface area contributed by atoms with Crippen LogP contribution in [0.15, 0.2) is 0 Å². The number of aliphatic hydroxyl groups excluding tert-OH is 11. The van der Waals surface area contributed by atoms with Crippen molar-refractivity contribution in [2.75, 3.05) is 26.4 Å². The highest BCUT2D eigenvalue weighted by molar-refractivity contribution is 5.76. The summed E-state index contributed by atoms with van der Waals surface area (Å²) in [5, 5.41) is 119. The third kappa shape index (κ3) is 21.7. The minimum absolute atomic E-state index is 0.252. The monoisotopic (exact) mass is 998 g/mol. The molecule has 3 saturated heterocycles. The number of carbonyl (C=O) groups is 1. The lowest BCUT2D eigenvalue weighted by Gasteiger charge is -2.48. The molecule has 3 heterocycles. The van der Waals surface area contributed by atoms with Crippen molar-refractivity contribution in [1.82, 2.24) is 5.32 Å². The molecule has 0 aromatic rings. The van der Waals surface area contributed by atoms with Crippen LogP contribution in [0, 0.1) is 0 Å². The van der Waals surface area contributed by atoms with Crippen LogP contribution in [-0.4, -0.2) is 193 Å². The summed E-state index contributed by atoms with van der Waals surface area (Å²) in [6.45, 7) is 1.60. The number of unbranched alkanes of at least 4 members (excludes halogenated alkanes) is 22. The van der Waals surface area contributed by atoms with Crippen LogP contribution in [0.3, 0.4) is 0 Å². The Balaban J connectivity index is 1.39. The SMILES string of the molecule is CCCCCCCCCCCCCCCCCCCCCCCC(=O)NC(COC1OC(CO)C(OC2OC(CO)C(OC3OC(CO)C(O)C(O)C3O)C(O)C2O)C(O)C1O)C(O)CCCCC. The molecule has 1 amide bonds. The van der Waals surface area contributed by atoms with Gasteiger partial charge in [0.2, 0.25) is 5.91 Å². The van der Waals surface area contributed by atoms with Gasteiger partial charge in [0.05, 0.1) is 38.6 Å². The van der Waals surface area contributed by atoms with Gasteiger partial charge in [-0.15, -0.1) is 0 Å². The van der Waals surface area contributed by atoms with Gasteiger partial charge in [-0.1, -0.05) is 162 Å². The predicted octanol–water partition coefficient (Wildman–Crippen LogP) is 2.48. The molecular formula is C50H95NO18. The zero-order valence-corrected chi connectivity index (χ0v) is 41.8. The summed E-state index contributed by atoms with van der Waals surface area (Å²) in [4.78, 5) is 13.1. The van der Waals surface area contributed by atoms with E-state index in [1.54, 1.807) is 0 Å². The van der Waals surface area contributed by atoms with Crippen molar-refractivity contribution >= 4 is 5.91 Å². The zero-order chi connectivity index (χ0) is 50.6. The van der Waals surface area contributed by atoms with E-state index in [1.165, 1.54) is 109 Å². The van der Waals surface area contributed by atoms with Crippen LogP contribution in [-0.2, 0) is 33.2 Å². The van der Waals surface area contributed by atoms with Crippen molar-refractivity contribution < 1.29 is 89.4 Å². The molecule has 0 bridgehead atoms. The number of carbonyl (C=O) groups excluding carboxylic acids is 1. The Morgan fingerprint density at radius 2 is 0.826 bits per heavy atom. The van der Waals surface area contributed by atoms with Crippen LogP contribution in [0.25, 0.3) is 0 Å². The lowest BCUT2D eigenvalue weighted by Crippen LogP contribution is -2.66. The predicted molar refractivity (Wildman–Crippen MR) is 254 cm³/mol. The van der Waals surface area contributed by atoms with E-state index in [2.05, 4.69) is 12.2 Å². The fourth-order valence-corrected chi connectivity index (χ4v) is 9.43. The maximum absolute atomic E-state index is 13.1. The Labute approximate surface area is 411 Å². The second kappa shape index (κ2) is 35.9. The van der Waals surface area contributed by atoms with E-state index in [0.717, 1.165) is 32.1 Å². The molecule has 0 aliphatic carbocycles. The molecular weight excluding hydrogens is 903 g/mol. The van der Waals surface area contributed by atoms with Crippen molar-refractivity contribution in [3.05, 3.63) is 0 Å². The average Bonchev–Trinajstić information content (AvgIpc) is 3.34. The third-order valence-corrected chi connectivity index (χ3v) is 13.9. The lowest BCUT2D eigenvalue weighted by atomic mass is 9.96. The van der Waals surface area contributed by atoms with Gasteiger partial charge in [-0.2, -0.15) is 0 Å². The van der Waals surface area contributed by atoms with E-state index in [0.29, 0.717) is 19.3 Å². The van der Waals surface area contributed by atoms with E-state index < -0.39 is 124 Å². The lowest BCUT2D eigenvalue weighted by molar-refractivity contribution is -0.379. The molecule has 19 nitrogen and oxygen atoms in total. The molecule has 0 radical (unpaired) electrons. The maximum Gasteiger partial charge on any atom is 0.220 e. The molecule has 3 aliphatic heterocycles. The van der Waals surface area contributed by atoms with Crippen LogP contribution >= 0.6 is 0 Å². The number of hydrogen-bond acceptors (Lipinski definition) is 18. The summed E-state index contributed by atoms with van der Waals surface area (Å²) in [5.74, 6) is -0.252. The van der Waals surface area contributed by atoms with Gasteiger partial charge in [0.15, 0.2) is 18.9 Å². The molecule has 3 fully saturated rings. The number of ether oxygens (including phenoxy) is 6. The van der Waals surface area contributed by atoms with Crippen molar-refractivity contribution in [3.63, 3.8) is 0 Å². The highest BCUT2D eigenvalue weighted by atomic mass is 16.8. The first-order valence-electron chi connectivity index (χ1n) is 26.8. The molecule has 17 atom stereocenters. The number of amides is 1. The summed E-state index contributed by atoms with van der Waals surface area (Å²) < 4.78 is 34.0. The third-order valence-electron chi connectivity index (χ3n) is 13.9. The van der Waals surface area contributed by atoms with Gasteiger partial charge in [0.25, 0.3) is 0 Å². The van der Waals surface area contributed by atoms with Crippen LogP contribution in [0.4, 0.5) is 0 Å². The normalized spacial score (nSPS) is 32.8. The minimum atomic E-state index is -1.97. The highest BCUT2D eigenvalue weighted by Crippen LogP contribution is 2.33. The van der Waals surface area contributed by atoms with Crippen LogP contribution < -0.4 is 5.32 Å². The second-order valence-corrected chi connectivity index (χ2v) is 19.7. The first kappa shape index (κ1) is 62.1. The Bertz CT molecular complexity index is 1290. The van der Waals surface area contributed by atoms with E-state index in [4.69, 9.17) is 28.4 Å². The van der Waals surface area contributed by atoms with E-state index in [9.17, 15) is 61.0 Å². The summed E-state index contributed by atoms with van der Waals surface area (Å²) in [7, 11) is 0. The van der Waals surface area contributed by atoms with Gasteiger partial charge in [0.1, 0.15) is 73.2 Å². The molecule has 3 rings (SSSR count). The molecule has 0 aromatic heterocycles. The summed E-state index contributed by atoms with van der Waals surface area (Å²) in [5.41, 5.74) is 0. The van der Waals surface area contributed by atoms with Gasteiger partial charge in [-0.05, 0) is 12.8 Å². The fraction of sp³-hybridized carbons (Fsp3) is 0.980. The molecule has 0 saturated carbocycles. The topological polar surface area (TPSA) is 307 Å². The standard InChI is InChI=1S/C50H95NO18/c1-3-5-7-8-9-10-11-12-13-14-15-16-17-18-19-20-21-22-23-24-26-28-38(56)51-33(34(55)27-25-6-4-2)32-64-48-44(62)41(59)46(36(30-53)66-48)69-50-45(63)42(60)47(37(31-54)67-50)68-49-43(61)40(58)39(57)35(29-52)65-49/h33-37,39-50,52-55,57-63H,3-32H2,1-2H3,(H,51,56). The number of rotatable bonds is 38. The Morgan fingerprint density at radius 1 is 0.464 bits per heavy atom. The maximum atomic E-state index is 13.1. The van der Waals surface area contributed by atoms with Gasteiger partial charge >= 0.3 is 0 Å². The number of hydrogen-bond donors (Lipinski definition) is 12. The quantitative estimate of drug-likeness (QED) is 0.0396. The Kier molecular flexibility index (Phi) is 32.3. The molecule has 17 unspecified atom stereocenters. The summed E-state index contributed by atoms with van der Waals surface area (Å²) >= 11 is 0. The molecule has 19 heteroatoms. The molecule has 69 heavy (non-hydrogen) atoms. The fourth-order valence-electron chi connectivity index (χ4n) is 9.43. The molecule has 3 aliphatic rings. The largest absolute Gasteiger partial charge is 0.394 e. The molecule has 0 aromatic carbocycles. The average molecular weight is 998 g/mol. The molecule has 0 spiro atoms. The first-order chi connectivity index (χ1) is 33.3. The smallest absolute Gasteiger partial charge is 0.220 e. The Morgan fingerprint density at radius 3 is 1.26 bits per heavy atom. The second-order valence-electron chi connectivity index (χ2n) is 19.7. The number of nitrogens with one attached hydrogen (secondary N) is 1. The first-order valence-corrected chi connectivity index (χ1v) is 26.8. The minimum Gasteiger partial charge on any atom is -0.394 e. The van der Waals surface area contributed by atoms with E-state index in [-0.39, 0.29) is 18.9 Å². The highest BCUT2D eigenvalue weighted by Gasteiger charge is 2.53.